The Morgan fingerprint density at radius 1 is 1.26 bits per heavy atom. The maximum absolute atomic E-state index is 11.6. The second-order valence-corrected chi connectivity index (χ2v) is 3.81. The number of hydrogen-bond donors (Lipinski definition) is 2. The highest BCUT2D eigenvalue weighted by Crippen LogP contribution is 1.95. The largest absolute Gasteiger partial charge is 0.476 e. The topological polar surface area (TPSA) is 101 Å². The molecule has 0 saturated carbocycles. The maximum atomic E-state index is 11.6. The van der Waals surface area contributed by atoms with Crippen molar-refractivity contribution in [1.29, 1.82) is 0 Å². The number of carboxylic acid groups (broad SMARTS) is 1. The molecular formula is C12H17N3O4. The molecule has 1 rings (SSSR count). The molecule has 1 heterocycles. The smallest absolute Gasteiger partial charge is 0.356 e. The summed E-state index contributed by atoms with van der Waals surface area (Å²) in [7, 11) is 0. The minimum Gasteiger partial charge on any atom is -0.476 e. The number of carbonyl (C=O) groups excluding carboxylic acids is 1. The van der Waals surface area contributed by atoms with Gasteiger partial charge in [0.15, 0.2) is 5.69 Å². The first-order valence-electron chi connectivity index (χ1n) is 6.06. The van der Waals surface area contributed by atoms with E-state index in [1.807, 2.05) is 0 Å². The predicted molar refractivity (Wildman–Crippen MR) is 67.1 cm³/mol. The van der Waals surface area contributed by atoms with Gasteiger partial charge >= 0.3 is 5.97 Å². The average molecular weight is 267 g/mol. The van der Waals surface area contributed by atoms with E-state index in [0.29, 0.717) is 19.8 Å². The van der Waals surface area contributed by atoms with Crippen LogP contribution in [-0.4, -0.2) is 46.7 Å². The first-order chi connectivity index (χ1) is 9.15. The summed E-state index contributed by atoms with van der Waals surface area (Å²) in [6.45, 7) is 3.57. The molecular weight excluding hydrogens is 250 g/mol. The van der Waals surface area contributed by atoms with Gasteiger partial charge in [0.1, 0.15) is 5.69 Å². The van der Waals surface area contributed by atoms with Crippen molar-refractivity contribution in [2.24, 2.45) is 0 Å². The van der Waals surface area contributed by atoms with Gasteiger partial charge in [0.2, 0.25) is 0 Å². The molecule has 0 spiro atoms. The standard InChI is InChI=1S/C12H17N3O4/c1-2-3-5-19-6-4-13-11(16)9-7-15-10(8-14-9)12(17)18/h7-8H,2-6H2,1H3,(H,13,16)(H,17,18). The number of ether oxygens (including phenoxy) is 1. The van der Waals surface area contributed by atoms with Crippen LogP contribution in [0.1, 0.15) is 40.7 Å². The lowest BCUT2D eigenvalue weighted by atomic mass is 10.4. The third kappa shape index (κ3) is 5.43. The van der Waals surface area contributed by atoms with E-state index >= 15 is 0 Å². The molecule has 0 atom stereocenters. The minimum atomic E-state index is -1.18. The lowest BCUT2D eigenvalue weighted by molar-refractivity contribution is 0.0689. The van der Waals surface area contributed by atoms with Crippen LogP contribution >= 0.6 is 0 Å². The molecule has 2 N–H and O–H groups in total. The van der Waals surface area contributed by atoms with E-state index in [2.05, 4.69) is 22.2 Å². The Balaban J connectivity index is 2.31. The number of aromatic nitrogens is 2. The van der Waals surface area contributed by atoms with Crippen molar-refractivity contribution >= 4 is 11.9 Å². The number of amides is 1. The molecule has 0 saturated heterocycles. The van der Waals surface area contributed by atoms with E-state index in [9.17, 15) is 9.59 Å². The Kier molecular flexibility index (Phi) is 6.45. The molecule has 0 bridgehead atoms. The molecule has 19 heavy (non-hydrogen) atoms. The molecule has 0 aliphatic rings. The van der Waals surface area contributed by atoms with Gasteiger partial charge in [-0.3, -0.25) is 4.79 Å². The Bertz CT molecular complexity index is 419. The van der Waals surface area contributed by atoms with Crippen molar-refractivity contribution in [1.82, 2.24) is 15.3 Å². The summed E-state index contributed by atoms with van der Waals surface area (Å²) in [6, 6.07) is 0. The third-order valence-corrected chi connectivity index (χ3v) is 2.28. The van der Waals surface area contributed by atoms with Crippen molar-refractivity contribution in [3.8, 4) is 0 Å². The number of hydrogen-bond acceptors (Lipinski definition) is 5. The highest BCUT2D eigenvalue weighted by molar-refractivity contribution is 5.92. The normalized spacial score (nSPS) is 10.2. The zero-order valence-corrected chi connectivity index (χ0v) is 10.8. The fourth-order valence-corrected chi connectivity index (χ4v) is 1.23. The maximum Gasteiger partial charge on any atom is 0.356 e. The lowest BCUT2D eigenvalue weighted by Crippen LogP contribution is -2.28. The van der Waals surface area contributed by atoms with Gasteiger partial charge in [0.25, 0.3) is 5.91 Å². The van der Waals surface area contributed by atoms with Gasteiger partial charge in [0.05, 0.1) is 19.0 Å². The molecule has 7 nitrogen and oxygen atoms in total. The summed E-state index contributed by atoms with van der Waals surface area (Å²) in [5, 5.41) is 11.2. The van der Waals surface area contributed by atoms with Crippen LogP contribution in [0.15, 0.2) is 12.4 Å². The number of aromatic carboxylic acids is 1. The van der Waals surface area contributed by atoms with Gasteiger partial charge in [-0.05, 0) is 6.42 Å². The zero-order valence-electron chi connectivity index (χ0n) is 10.8. The molecule has 1 aromatic rings. The molecule has 0 unspecified atom stereocenters. The quantitative estimate of drug-likeness (QED) is 0.673. The van der Waals surface area contributed by atoms with Crippen molar-refractivity contribution in [3.05, 3.63) is 23.8 Å². The molecule has 104 valence electrons. The Labute approximate surface area is 111 Å². The second-order valence-electron chi connectivity index (χ2n) is 3.81. The summed E-state index contributed by atoms with van der Waals surface area (Å²) in [4.78, 5) is 29.5. The van der Waals surface area contributed by atoms with E-state index in [0.717, 1.165) is 25.2 Å². The summed E-state index contributed by atoms with van der Waals surface area (Å²) in [5.74, 6) is -1.58. The van der Waals surface area contributed by atoms with Crippen LogP contribution in [0.25, 0.3) is 0 Å². The van der Waals surface area contributed by atoms with E-state index in [1.165, 1.54) is 0 Å². The van der Waals surface area contributed by atoms with Gasteiger partial charge < -0.3 is 15.2 Å². The monoisotopic (exact) mass is 267 g/mol. The molecule has 0 aliphatic heterocycles. The van der Waals surface area contributed by atoms with Crippen molar-refractivity contribution in [3.63, 3.8) is 0 Å². The van der Waals surface area contributed by atoms with Crippen molar-refractivity contribution < 1.29 is 19.4 Å². The number of nitrogens with zero attached hydrogens (tertiary/aromatic N) is 2. The molecule has 7 heteroatoms. The first kappa shape index (κ1) is 15.0. The second kappa shape index (κ2) is 8.15. The molecule has 0 fully saturated rings. The predicted octanol–water partition coefficient (Wildman–Crippen LogP) is 0.721. The van der Waals surface area contributed by atoms with Crippen LogP contribution in [0.2, 0.25) is 0 Å². The van der Waals surface area contributed by atoms with Crippen LogP contribution in [-0.2, 0) is 4.74 Å². The van der Waals surface area contributed by atoms with Gasteiger partial charge in [-0.25, -0.2) is 14.8 Å². The number of unbranched alkanes of at least 4 members (excludes halogenated alkanes) is 1. The van der Waals surface area contributed by atoms with E-state index in [1.54, 1.807) is 0 Å². The van der Waals surface area contributed by atoms with Gasteiger partial charge in [-0.2, -0.15) is 0 Å². The van der Waals surface area contributed by atoms with Crippen molar-refractivity contribution in [2.45, 2.75) is 19.8 Å². The van der Waals surface area contributed by atoms with Gasteiger partial charge in [-0.1, -0.05) is 13.3 Å². The highest BCUT2D eigenvalue weighted by Gasteiger charge is 2.09. The number of nitrogens with one attached hydrogen (secondary N) is 1. The number of carboxylic acids is 1. The Hall–Kier alpha value is -2.02. The molecule has 1 aromatic heterocycles. The van der Waals surface area contributed by atoms with E-state index in [-0.39, 0.29) is 11.4 Å². The van der Waals surface area contributed by atoms with E-state index < -0.39 is 11.9 Å². The molecule has 0 aromatic carbocycles. The first-order valence-corrected chi connectivity index (χ1v) is 6.06. The van der Waals surface area contributed by atoms with Crippen LogP contribution in [0, 0.1) is 0 Å². The summed E-state index contributed by atoms with van der Waals surface area (Å²) in [6.07, 6.45) is 4.25. The summed E-state index contributed by atoms with van der Waals surface area (Å²) in [5.41, 5.74) is -0.113. The Morgan fingerprint density at radius 2 is 1.95 bits per heavy atom. The fraction of sp³-hybridized carbons (Fsp3) is 0.500. The Morgan fingerprint density at radius 3 is 2.53 bits per heavy atom. The molecule has 1 amide bonds. The lowest BCUT2D eigenvalue weighted by Gasteiger charge is -2.05. The van der Waals surface area contributed by atoms with Crippen LogP contribution in [0.4, 0.5) is 0 Å². The SMILES string of the molecule is CCCCOCCNC(=O)c1cnc(C(=O)O)cn1. The van der Waals surface area contributed by atoms with Gasteiger partial charge in [-0.15, -0.1) is 0 Å². The van der Waals surface area contributed by atoms with Crippen LogP contribution in [0.3, 0.4) is 0 Å². The highest BCUT2D eigenvalue weighted by atomic mass is 16.5. The number of carbonyl (C=O) groups is 2. The van der Waals surface area contributed by atoms with E-state index in [4.69, 9.17) is 9.84 Å². The van der Waals surface area contributed by atoms with Crippen molar-refractivity contribution in [2.75, 3.05) is 19.8 Å². The number of rotatable bonds is 8. The average Bonchev–Trinajstić information content (AvgIpc) is 2.42. The summed E-state index contributed by atoms with van der Waals surface area (Å²) >= 11 is 0. The zero-order chi connectivity index (χ0) is 14.1. The van der Waals surface area contributed by atoms with Crippen LogP contribution < -0.4 is 5.32 Å². The summed E-state index contributed by atoms with van der Waals surface area (Å²) < 4.78 is 5.28. The van der Waals surface area contributed by atoms with Crippen LogP contribution in [0.5, 0.6) is 0 Å². The molecule has 0 radical (unpaired) electrons. The van der Waals surface area contributed by atoms with Gasteiger partial charge in [0, 0.05) is 13.2 Å². The fourth-order valence-electron chi connectivity index (χ4n) is 1.23. The third-order valence-electron chi connectivity index (χ3n) is 2.28. The molecule has 0 aliphatic carbocycles. The minimum absolute atomic E-state index is 0.0820.